The van der Waals surface area contributed by atoms with E-state index in [1.807, 2.05) is 6.08 Å². The van der Waals surface area contributed by atoms with Gasteiger partial charge in [-0.1, -0.05) is 272 Å². The van der Waals surface area contributed by atoms with Crippen molar-refractivity contribution in [1.82, 2.24) is 5.32 Å². The average Bonchev–Trinajstić information content (AvgIpc) is 0.784. The molecule has 0 aliphatic carbocycles. The summed E-state index contributed by atoms with van der Waals surface area (Å²) >= 11 is 0. The Bertz CT molecular complexity index is 2100. The quantitative estimate of drug-likeness (QED) is 0.0199. The first kappa shape index (κ1) is 89.2. The summed E-state index contributed by atoms with van der Waals surface area (Å²) in [4.78, 5) is 13.4. The Morgan fingerprint density at radius 3 is 1.14 bits per heavy atom. The highest BCUT2D eigenvalue weighted by molar-refractivity contribution is 5.76. The van der Waals surface area contributed by atoms with Gasteiger partial charge >= 0.3 is 0 Å². The Kier molecular flexibility index (Phi) is 54.0. The monoisotopic (exact) mass is 1390 g/mol. The van der Waals surface area contributed by atoms with E-state index in [0.717, 1.165) is 89.9 Å². The molecule has 0 bridgehead atoms. The molecule has 19 heteroatoms. The lowest BCUT2D eigenvalue weighted by atomic mass is 9.96. The summed E-state index contributed by atoms with van der Waals surface area (Å²) in [6, 6.07) is -1.01. The number of amides is 1. The first-order valence-corrected chi connectivity index (χ1v) is 38.8. The predicted molar refractivity (Wildman–Crippen MR) is 388 cm³/mol. The number of hydrogen-bond acceptors (Lipinski definition) is 18. The molecule has 0 aromatic rings. The van der Waals surface area contributed by atoms with Crippen molar-refractivity contribution in [1.29, 1.82) is 0 Å². The third-order valence-corrected chi connectivity index (χ3v) is 18.9. The second kappa shape index (κ2) is 59.4. The summed E-state index contributed by atoms with van der Waals surface area (Å²) in [5.74, 6) is -0.299. The van der Waals surface area contributed by atoms with E-state index in [-0.39, 0.29) is 18.9 Å². The molecule has 17 atom stereocenters. The van der Waals surface area contributed by atoms with Crippen molar-refractivity contribution in [2.75, 3.05) is 26.4 Å². The topological polar surface area (TPSA) is 307 Å². The van der Waals surface area contributed by atoms with Crippen LogP contribution in [-0.4, -0.2) is 193 Å². The summed E-state index contributed by atoms with van der Waals surface area (Å²) in [6.45, 7) is 1.61. The summed E-state index contributed by atoms with van der Waals surface area (Å²) in [6.07, 6.45) is 51.5. The first-order chi connectivity index (χ1) is 47.8. The van der Waals surface area contributed by atoms with Crippen LogP contribution in [0.1, 0.15) is 277 Å². The number of carbonyl (C=O) groups excluding carboxylic acids is 1. The van der Waals surface area contributed by atoms with Gasteiger partial charge in [0.1, 0.15) is 73.2 Å². The highest BCUT2D eigenvalue weighted by Gasteiger charge is 2.53. The molecule has 17 unspecified atom stereocenters. The molecule has 98 heavy (non-hydrogen) atoms. The third kappa shape index (κ3) is 39.6. The molecule has 0 aromatic carbocycles. The van der Waals surface area contributed by atoms with Gasteiger partial charge in [0.05, 0.1) is 38.6 Å². The molecule has 568 valence electrons. The number of nitrogens with one attached hydrogen (secondary N) is 1. The van der Waals surface area contributed by atoms with Crippen LogP contribution in [-0.2, 0) is 33.2 Å². The first-order valence-electron chi connectivity index (χ1n) is 38.8. The number of hydrogen-bond donors (Lipinski definition) is 12. The van der Waals surface area contributed by atoms with E-state index in [1.165, 1.54) is 154 Å². The molecule has 19 nitrogen and oxygen atoms in total. The lowest BCUT2D eigenvalue weighted by Gasteiger charge is -2.48. The number of aliphatic hydroxyl groups excluding tert-OH is 11. The third-order valence-electron chi connectivity index (χ3n) is 18.9. The fourth-order valence-electron chi connectivity index (χ4n) is 12.7. The van der Waals surface area contributed by atoms with E-state index in [9.17, 15) is 61.0 Å². The van der Waals surface area contributed by atoms with Crippen molar-refractivity contribution < 1.29 is 89.4 Å². The van der Waals surface area contributed by atoms with Crippen LogP contribution < -0.4 is 5.32 Å². The number of unbranched alkanes of at least 4 members (excludes halogenated alkanes) is 32. The van der Waals surface area contributed by atoms with E-state index in [1.54, 1.807) is 6.08 Å². The second-order valence-corrected chi connectivity index (χ2v) is 27.4. The second-order valence-electron chi connectivity index (χ2n) is 27.4. The SMILES string of the molecule is CC/C=C\C/C=C\C/C=C\C/C=C\CCCCCCCCCCC(=O)NC(COC1OC(CO)C(OC2OC(CO)C(OC3OC(CO)C(O)C(O)C3O)C(O)C2O)C(O)C1O)C(O)/C=C/CC/C=C/CC/C=C/CCCCCCCCCCCCCCCCCCCCCCCC. The zero-order valence-electron chi connectivity index (χ0n) is 60.5. The van der Waals surface area contributed by atoms with Crippen LogP contribution in [0.4, 0.5) is 0 Å². The van der Waals surface area contributed by atoms with Crippen LogP contribution >= 0.6 is 0 Å². The van der Waals surface area contributed by atoms with Crippen molar-refractivity contribution in [3.8, 4) is 0 Å². The fraction of sp³-hybridized carbons (Fsp3) is 0.810. The Hall–Kier alpha value is -3.03. The van der Waals surface area contributed by atoms with Gasteiger partial charge in [0.25, 0.3) is 0 Å². The minimum absolute atomic E-state index is 0.218. The van der Waals surface area contributed by atoms with Crippen LogP contribution in [0.5, 0.6) is 0 Å². The van der Waals surface area contributed by atoms with Gasteiger partial charge < -0.3 is 89.9 Å². The molecular weight excluding hydrogens is 1250 g/mol. The molecule has 3 aliphatic heterocycles. The molecule has 3 heterocycles. The molecule has 1 amide bonds. The van der Waals surface area contributed by atoms with Gasteiger partial charge in [-0.15, -0.1) is 0 Å². The molecule has 0 spiro atoms. The number of carbonyl (C=O) groups is 1. The van der Waals surface area contributed by atoms with Gasteiger partial charge in [-0.05, 0) is 83.5 Å². The van der Waals surface area contributed by atoms with Crippen molar-refractivity contribution in [2.24, 2.45) is 0 Å². The molecule has 0 radical (unpaired) electrons. The van der Waals surface area contributed by atoms with Crippen LogP contribution in [0.15, 0.2) is 85.1 Å². The lowest BCUT2D eigenvalue weighted by molar-refractivity contribution is -0.379. The van der Waals surface area contributed by atoms with Crippen molar-refractivity contribution >= 4 is 5.91 Å². The van der Waals surface area contributed by atoms with E-state index in [2.05, 4.69) is 92.1 Å². The Morgan fingerprint density at radius 1 is 0.378 bits per heavy atom. The number of rotatable bonds is 60. The maximum absolute atomic E-state index is 13.4. The molecule has 3 saturated heterocycles. The molecule has 0 aromatic heterocycles. The van der Waals surface area contributed by atoms with Crippen LogP contribution in [0.2, 0.25) is 0 Å². The normalized spacial score (nSPS) is 27.2. The number of allylic oxidation sites excluding steroid dienone is 13. The highest BCUT2D eigenvalue weighted by Crippen LogP contribution is 2.33. The van der Waals surface area contributed by atoms with Gasteiger partial charge in [-0.3, -0.25) is 4.79 Å². The zero-order chi connectivity index (χ0) is 71.1. The summed E-state index contributed by atoms with van der Waals surface area (Å²) in [5.41, 5.74) is 0. The molecule has 12 N–H and O–H groups in total. The Balaban J connectivity index is 1.41. The summed E-state index contributed by atoms with van der Waals surface area (Å²) in [5, 5.41) is 121. The number of ether oxygens (including phenoxy) is 6. The van der Waals surface area contributed by atoms with E-state index in [4.69, 9.17) is 28.4 Å². The standard InChI is InChI=1S/C79H139NO18/c1-3-5-7-9-11-13-15-17-19-21-23-25-26-27-28-29-30-31-32-33-34-35-37-38-40-42-44-46-48-50-52-54-56-63(84)62(80-67(85)57-55-53-51-49-47-45-43-41-39-36-24-22-20-18-16-14-12-10-8-6-4-2)61-93-77-73(91)70(88)75(65(59-82)95-77)98-79-74(92)71(89)76(66(60-83)96-79)97-78-72(90)69(87)68(86)64(58-81)94-78/h6,8,12,14,18,20,24,36,38,40,46,48,54,56,62-66,68-79,81-84,86-92H,3-5,7,9-11,13,15-17,19,21-23,25-35,37,39,41-45,47,49-53,55,57-61H2,1-2H3,(H,80,85)/b8-6-,14-12-,20-18-,36-24-,40-38+,48-46+,56-54+. The minimum Gasteiger partial charge on any atom is -0.394 e. The maximum atomic E-state index is 13.4. The van der Waals surface area contributed by atoms with Gasteiger partial charge in [-0.25, -0.2) is 0 Å². The van der Waals surface area contributed by atoms with Gasteiger partial charge in [-0.2, -0.15) is 0 Å². The Labute approximate surface area is 590 Å². The molecule has 3 fully saturated rings. The maximum Gasteiger partial charge on any atom is 0.220 e. The highest BCUT2D eigenvalue weighted by atomic mass is 16.8. The fourth-order valence-corrected chi connectivity index (χ4v) is 12.7. The van der Waals surface area contributed by atoms with Crippen molar-refractivity contribution in [3.63, 3.8) is 0 Å². The van der Waals surface area contributed by atoms with Crippen LogP contribution in [0.3, 0.4) is 0 Å². The van der Waals surface area contributed by atoms with Crippen LogP contribution in [0, 0.1) is 0 Å². The Morgan fingerprint density at radius 2 is 0.714 bits per heavy atom. The smallest absolute Gasteiger partial charge is 0.220 e. The van der Waals surface area contributed by atoms with E-state index in [0.29, 0.717) is 12.8 Å². The van der Waals surface area contributed by atoms with Crippen LogP contribution in [0.25, 0.3) is 0 Å². The zero-order valence-corrected chi connectivity index (χ0v) is 60.5. The largest absolute Gasteiger partial charge is 0.394 e. The van der Waals surface area contributed by atoms with Crippen molar-refractivity contribution in [3.05, 3.63) is 85.1 Å². The van der Waals surface area contributed by atoms with Gasteiger partial charge in [0.2, 0.25) is 5.91 Å². The molecule has 3 aliphatic rings. The minimum atomic E-state index is -1.99. The summed E-state index contributed by atoms with van der Waals surface area (Å²) < 4.78 is 34.4. The van der Waals surface area contributed by atoms with Gasteiger partial charge in [0, 0.05) is 6.42 Å². The molecule has 0 saturated carbocycles. The molecular formula is C79H139NO18. The van der Waals surface area contributed by atoms with E-state index < -0.39 is 124 Å². The lowest BCUT2D eigenvalue weighted by Crippen LogP contribution is -2.66. The summed E-state index contributed by atoms with van der Waals surface area (Å²) in [7, 11) is 0. The molecule has 3 rings (SSSR count). The average molecular weight is 1390 g/mol. The number of aliphatic hydroxyl groups is 11. The van der Waals surface area contributed by atoms with Gasteiger partial charge in [0.15, 0.2) is 18.9 Å². The predicted octanol–water partition coefficient (Wildman–Crippen LogP) is 12.2. The van der Waals surface area contributed by atoms with Crippen molar-refractivity contribution in [2.45, 2.75) is 381 Å². The van der Waals surface area contributed by atoms with E-state index >= 15 is 0 Å².